The second kappa shape index (κ2) is 9.57. The molecule has 0 bridgehead atoms. The van der Waals surface area contributed by atoms with Crippen LogP contribution in [0.5, 0.6) is 0 Å². The summed E-state index contributed by atoms with van der Waals surface area (Å²) in [5.41, 5.74) is -0.932. The van der Waals surface area contributed by atoms with Gasteiger partial charge in [0.15, 0.2) is 10.1 Å². The molecule has 0 unspecified atom stereocenters. The first-order valence-corrected chi connectivity index (χ1v) is 11.9. The number of nitrogens with zero attached hydrogens (tertiary/aromatic N) is 1. The Hall–Kier alpha value is -2.83. The summed E-state index contributed by atoms with van der Waals surface area (Å²) < 4.78 is 64.0. The van der Waals surface area contributed by atoms with E-state index in [1.807, 2.05) is 6.92 Å². The Labute approximate surface area is 195 Å². The molecule has 3 aromatic rings. The van der Waals surface area contributed by atoms with E-state index in [9.17, 15) is 31.2 Å². The molecule has 0 aliphatic heterocycles. The molecule has 0 aliphatic carbocycles. The molecule has 7 nitrogen and oxygen atoms in total. The zero-order chi connectivity index (χ0) is 24.4. The lowest BCUT2D eigenvalue weighted by Gasteiger charge is -2.09. The summed E-state index contributed by atoms with van der Waals surface area (Å²) in [6, 6.07) is 8.11. The van der Waals surface area contributed by atoms with Crippen LogP contribution in [0.2, 0.25) is 5.02 Å². The molecule has 0 saturated carbocycles. The Kier molecular flexibility index (Phi) is 7.20. The van der Waals surface area contributed by atoms with E-state index in [0.717, 1.165) is 41.7 Å². The Morgan fingerprint density at radius 1 is 1.21 bits per heavy atom. The highest BCUT2D eigenvalue weighted by molar-refractivity contribution is 7.99. The molecule has 33 heavy (non-hydrogen) atoms. The molecule has 2 aromatic carbocycles. The smallest absolute Gasteiger partial charge is 0.324 e. The number of benzene rings is 2. The number of nitrogens with one attached hydrogen (secondary N) is 2. The molecule has 0 spiro atoms. The van der Waals surface area contributed by atoms with Crippen molar-refractivity contribution in [3.05, 3.63) is 75.2 Å². The van der Waals surface area contributed by atoms with Crippen LogP contribution in [0.4, 0.5) is 18.9 Å². The Balaban J connectivity index is 1.74. The lowest BCUT2D eigenvalue weighted by atomic mass is 10.2. The second-order valence-corrected chi connectivity index (χ2v) is 10.0. The van der Waals surface area contributed by atoms with Crippen molar-refractivity contribution >= 4 is 44.8 Å². The third-order valence-corrected chi connectivity index (χ3v) is 7.19. The number of aryl methyl sites for hydroxylation is 1. The first-order valence-electron chi connectivity index (χ1n) is 9.08. The van der Waals surface area contributed by atoms with Crippen molar-refractivity contribution in [2.24, 2.45) is 0 Å². The number of rotatable bonds is 6. The van der Waals surface area contributed by atoms with Crippen molar-refractivity contribution in [3.63, 3.8) is 0 Å². The largest absolute Gasteiger partial charge is 0.416 e. The molecule has 1 amide bonds. The first-order chi connectivity index (χ1) is 15.4. The summed E-state index contributed by atoms with van der Waals surface area (Å²) in [6.07, 6.45) is -4.01. The van der Waals surface area contributed by atoms with Gasteiger partial charge in [-0.3, -0.25) is 9.59 Å². The second-order valence-electron chi connectivity index (χ2n) is 6.73. The van der Waals surface area contributed by atoms with Crippen LogP contribution in [0.15, 0.2) is 68.4 Å². The molecule has 2 N–H and O–H groups in total. The predicted octanol–water partition coefficient (Wildman–Crippen LogP) is 4.31. The summed E-state index contributed by atoms with van der Waals surface area (Å²) in [5.74, 6) is -0.624. The summed E-state index contributed by atoms with van der Waals surface area (Å²) >= 11 is 6.88. The molecular formula is C20H15ClF3N3O4S2. The van der Waals surface area contributed by atoms with Gasteiger partial charge in [-0.2, -0.15) is 13.2 Å². The van der Waals surface area contributed by atoms with E-state index in [1.165, 1.54) is 0 Å². The van der Waals surface area contributed by atoms with Gasteiger partial charge in [0.25, 0.3) is 5.56 Å². The quantitative estimate of drug-likeness (QED) is 0.372. The number of hydrogen-bond donors (Lipinski definition) is 2. The van der Waals surface area contributed by atoms with E-state index < -0.39 is 42.8 Å². The first kappa shape index (κ1) is 24.8. The van der Waals surface area contributed by atoms with Gasteiger partial charge >= 0.3 is 6.18 Å². The third-order valence-electron chi connectivity index (χ3n) is 4.24. The lowest BCUT2D eigenvalue weighted by Crippen LogP contribution is -2.20. The van der Waals surface area contributed by atoms with Gasteiger partial charge in [-0.1, -0.05) is 35.5 Å². The molecule has 0 aliphatic rings. The molecule has 0 fully saturated rings. The number of aromatic amines is 1. The summed E-state index contributed by atoms with van der Waals surface area (Å²) in [4.78, 5) is 29.0. The normalized spacial score (nSPS) is 11.9. The van der Waals surface area contributed by atoms with Crippen LogP contribution >= 0.6 is 23.4 Å². The lowest BCUT2D eigenvalue weighted by molar-refractivity contribution is -0.137. The number of thioether (sulfide) groups is 1. The van der Waals surface area contributed by atoms with E-state index in [0.29, 0.717) is 16.8 Å². The van der Waals surface area contributed by atoms with Gasteiger partial charge in [-0.15, -0.1) is 0 Å². The fourth-order valence-corrected chi connectivity index (χ4v) is 4.83. The van der Waals surface area contributed by atoms with Crippen LogP contribution in [-0.4, -0.2) is 30.0 Å². The minimum atomic E-state index is -4.75. The number of carbonyl (C=O) groups is 1. The van der Waals surface area contributed by atoms with Gasteiger partial charge in [0, 0.05) is 0 Å². The standard InChI is InChI=1S/C20H15ClF3N3O4S2/c1-11-5-6-15(14(21)7-11)26-17(28)10-32-19-25-9-16(18(29)27-19)33(30,31)13-4-2-3-12(8-13)20(22,23)24/h2-9H,10H2,1H3,(H,26,28)(H,25,27,29). The maximum absolute atomic E-state index is 12.9. The van der Waals surface area contributed by atoms with E-state index in [2.05, 4.69) is 15.3 Å². The summed E-state index contributed by atoms with van der Waals surface area (Å²) in [7, 11) is -4.56. The number of anilines is 1. The minimum absolute atomic E-state index is 0.0480. The van der Waals surface area contributed by atoms with Crippen LogP contribution in [0.3, 0.4) is 0 Å². The minimum Gasteiger partial charge on any atom is -0.324 e. The Morgan fingerprint density at radius 3 is 2.58 bits per heavy atom. The van der Waals surface area contributed by atoms with Crippen molar-refractivity contribution < 1.29 is 26.4 Å². The average Bonchev–Trinajstić information content (AvgIpc) is 2.73. The molecule has 174 valence electrons. The van der Waals surface area contributed by atoms with E-state index >= 15 is 0 Å². The topological polar surface area (TPSA) is 109 Å². The van der Waals surface area contributed by atoms with Crippen LogP contribution in [-0.2, 0) is 20.8 Å². The molecule has 3 rings (SSSR count). The molecule has 0 saturated heterocycles. The number of H-pyrrole nitrogens is 1. The molecule has 0 radical (unpaired) electrons. The third kappa shape index (κ3) is 5.95. The van der Waals surface area contributed by atoms with Crippen molar-refractivity contribution in [3.8, 4) is 0 Å². The highest BCUT2D eigenvalue weighted by atomic mass is 35.5. The van der Waals surface area contributed by atoms with Gasteiger partial charge in [-0.25, -0.2) is 13.4 Å². The number of halogens is 4. The highest BCUT2D eigenvalue weighted by Gasteiger charge is 2.32. The van der Waals surface area contributed by atoms with Gasteiger partial charge in [0.05, 0.1) is 33.1 Å². The van der Waals surface area contributed by atoms with Gasteiger partial charge in [-0.05, 0) is 42.8 Å². The fourth-order valence-electron chi connectivity index (χ4n) is 2.64. The molecule has 1 heterocycles. The Bertz CT molecular complexity index is 1380. The molecular weight excluding hydrogens is 503 g/mol. The predicted molar refractivity (Wildman–Crippen MR) is 117 cm³/mol. The molecule has 13 heteroatoms. The van der Waals surface area contributed by atoms with Crippen molar-refractivity contribution in [2.75, 3.05) is 11.1 Å². The molecule has 0 atom stereocenters. The SMILES string of the molecule is Cc1ccc(NC(=O)CSc2ncc(S(=O)(=O)c3cccc(C(F)(F)F)c3)c(=O)[nH]2)c(Cl)c1. The van der Waals surface area contributed by atoms with Crippen molar-refractivity contribution in [1.82, 2.24) is 9.97 Å². The number of hydrogen-bond acceptors (Lipinski definition) is 6. The summed E-state index contributed by atoms with van der Waals surface area (Å²) in [5, 5.41) is 2.90. The number of carbonyl (C=O) groups excluding carboxylic acids is 1. The average molecular weight is 518 g/mol. The van der Waals surface area contributed by atoms with Crippen LogP contribution in [0, 0.1) is 6.92 Å². The number of alkyl halides is 3. The van der Waals surface area contributed by atoms with E-state index in [-0.39, 0.29) is 10.9 Å². The fraction of sp³-hybridized carbons (Fsp3) is 0.150. The van der Waals surface area contributed by atoms with E-state index in [1.54, 1.807) is 18.2 Å². The van der Waals surface area contributed by atoms with Crippen molar-refractivity contribution in [1.29, 1.82) is 0 Å². The van der Waals surface area contributed by atoms with Crippen LogP contribution in [0.1, 0.15) is 11.1 Å². The summed E-state index contributed by atoms with van der Waals surface area (Å²) in [6.45, 7) is 1.84. The van der Waals surface area contributed by atoms with Gasteiger partial charge in [0.1, 0.15) is 0 Å². The maximum atomic E-state index is 12.9. The van der Waals surface area contributed by atoms with Crippen LogP contribution in [0.25, 0.3) is 0 Å². The maximum Gasteiger partial charge on any atom is 0.416 e. The zero-order valence-electron chi connectivity index (χ0n) is 16.7. The zero-order valence-corrected chi connectivity index (χ0v) is 19.1. The number of amides is 1. The van der Waals surface area contributed by atoms with E-state index in [4.69, 9.17) is 11.6 Å². The van der Waals surface area contributed by atoms with Crippen LogP contribution < -0.4 is 10.9 Å². The van der Waals surface area contributed by atoms with Gasteiger partial charge < -0.3 is 10.3 Å². The molecule has 1 aromatic heterocycles. The number of sulfone groups is 1. The number of aromatic nitrogens is 2. The highest BCUT2D eigenvalue weighted by Crippen LogP contribution is 2.31. The monoisotopic (exact) mass is 517 g/mol. The van der Waals surface area contributed by atoms with Gasteiger partial charge in [0.2, 0.25) is 15.7 Å². The van der Waals surface area contributed by atoms with Crippen molar-refractivity contribution in [2.45, 2.75) is 28.0 Å². The Morgan fingerprint density at radius 2 is 1.94 bits per heavy atom.